The number of fused-ring (bicyclic) bond motifs is 3. The number of carbonyl (C=O) groups excluding carboxylic acids is 1. The minimum atomic E-state index is -0.389. The first-order chi connectivity index (χ1) is 16.1. The summed E-state index contributed by atoms with van der Waals surface area (Å²) in [6.07, 6.45) is 0. The maximum Gasteiger partial charge on any atom is 0.316 e. The second-order valence-electron chi connectivity index (χ2n) is 7.34. The monoisotopic (exact) mass is 475 g/mol. The SMILES string of the molecule is O=C(CSc1nc2c([nH]c3ccccc32)c(=O)n1-c1ccc(Cl)cc1)OCc1ccccc1. The number of aromatic nitrogens is 3. The van der Waals surface area contributed by atoms with E-state index in [1.165, 1.54) is 4.57 Å². The molecule has 0 atom stereocenters. The van der Waals surface area contributed by atoms with E-state index in [1.54, 1.807) is 24.3 Å². The predicted molar refractivity (Wildman–Crippen MR) is 131 cm³/mol. The van der Waals surface area contributed by atoms with Gasteiger partial charge in [-0.3, -0.25) is 14.2 Å². The number of thioether (sulfide) groups is 1. The highest BCUT2D eigenvalue weighted by Gasteiger charge is 2.18. The van der Waals surface area contributed by atoms with Crippen LogP contribution in [0, 0.1) is 0 Å². The van der Waals surface area contributed by atoms with Crippen molar-refractivity contribution in [1.82, 2.24) is 14.5 Å². The number of esters is 1. The van der Waals surface area contributed by atoms with E-state index >= 15 is 0 Å². The lowest BCUT2D eigenvalue weighted by Gasteiger charge is -2.12. The molecule has 33 heavy (non-hydrogen) atoms. The molecule has 0 saturated heterocycles. The van der Waals surface area contributed by atoms with E-state index in [1.807, 2.05) is 54.6 Å². The summed E-state index contributed by atoms with van der Waals surface area (Å²) in [4.78, 5) is 33.8. The van der Waals surface area contributed by atoms with Crippen LogP contribution in [0.4, 0.5) is 0 Å². The Kier molecular flexibility index (Phi) is 5.90. The van der Waals surface area contributed by atoms with Gasteiger partial charge in [0.15, 0.2) is 5.16 Å². The number of hydrogen-bond acceptors (Lipinski definition) is 5. The molecule has 0 fully saturated rings. The molecule has 5 aromatic rings. The molecule has 0 spiro atoms. The number of aromatic amines is 1. The predicted octanol–water partition coefficient (Wildman–Crippen LogP) is 5.36. The van der Waals surface area contributed by atoms with E-state index in [9.17, 15) is 9.59 Å². The van der Waals surface area contributed by atoms with Gasteiger partial charge in [-0.25, -0.2) is 4.98 Å². The number of ether oxygens (including phenoxy) is 1. The molecule has 0 aliphatic carbocycles. The molecule has 164 valence electrons. The Balaban J connectivity index is 1.51. The van der Waals surface area contributed by atoms with E-state index in [0.717, 1.165) is 28.2 Å². The summed E-state index contributed by atoms with van der Waals surface area (Å²) in [5.41, 5.74) is 3.07. The van der Waals surface area contributed by atoms with Crippen molar-refractivity contribution in [1.29, 1.82) is 0 Å². The Bertz CT molecular complexity index is 1510. The summed E-state index contributed by atoms with van der Waals surface area (Å²) in [6, 6.07) is 24.0. The molecule has 0 saturated carbocycles. The van der Waals surface area contributed by atoms with Crippen molar-refractivity contribution in [2.45, 2.75) is 11.8 Å². The zero-order valence-electron chi connectivity index (χ0n) is 17.3. The first-order valence-electron chi connectivity index (χ1n) is 10.2. The number of nitrogens with zero attached hydrogens (tertiary/aromatic N) is 2. The number of para-hydroxylation sites is 1. The molecule has 2 heterocycles. The zero-order chi connectivity index (χ0) is 22.8. The third-order valence-electron chi connectivity index (χ3n) is 5.14. The lowest BCUT2D eigenvalue weighted by Crippen LogP contribution is -2.22. The maximum absolute atomic E-state index is 13.5. The first kappa shape index (κ1) is 21.3. The Morgan fingerprint density at radius 2 is 1.73 bits per heavy atom. The molecule has 0 aliphatic rings. The van der Waals surface area contributed by atoms with E-state index in [-0.39, 0.29) is 23.9 Å². The van der Waals surface area contributed by atoms with Gasteiger partial charge in [-0.15, -0.1) is 0 Å². The van der Waals surface area contributed by atoms with Crippen molar-refractivity contribution < 1.29 is 9.53 Å². The minimum Gasteiger partial charge on any atom is -0.460 e. The third kappa shape index (κ3) is 4.37. The maximum atomic E-state index is 13.5. The van der Waals surface area contributed by atoms with Crippen molar-refractivity contribution in [3.8, 4) is 5.69 Å². The van der Waals surface area contributed by atoms with Crippen LogP contribution in [0.1, 0.15) is 5.56 Å². The number of carbonyl (C=O) groups is 1. The molecule has 0 bridgehead atoms. The quantitative estimate of drug-likeness (QED) is 0.203. The van der Waals surface area contributed by atoms with Crippen LogP contribution in [0.15, 0.2) is 88.8 Å². The molecule has 0 amide bonds. The van der Waals surface area contributed by atoms with E-state index in [4.69, 9.17) is 21.3 Å². The molecule has 5 rings (SSSR count). The Hall–Kier alpha value is -3.55. The van der Waals surface area contributed by atoms with Crippen LogP contribution in [-0.4, -0.2) is 26.3 Å². The van der Waals surface area contributed by atoms with Crippen molar-refractivity contribution in [2.24, 2.45) is 0 Å². The second kappa shape index (κ2) is 9.13. The summed E-state index contributed by atoms with van der Waals surface area (Å²) in [5, 5.41) is 1.81. The van der Waals surface area contributed by atoms with Gasteiger partial charge >= 0.3 is 5.97 Å². The number of halogens is 1. The van der Waals surface area contributed by atoms with Crippen LogP contribution in [0.5, 0.6) is 0 Å². The van der Waals surface area contributed by atoms with Crippen molar-refractivity contribution in [3.63, 3.8) is 0 Å². The minimum absolute atomic E-state index is 0.0146. The molecular formula is C25H18ClN3O3S. The molecule has 0 radical (unpaired) electrons. The average Bonchev–Trinajstić information content (AvgIpc) is 3.22. The fraction of sp³-hybridized carbons (Fsp3) is 0.0800. The Morgan fingerprint density at radius 3 is 2.52 bits per heavy atom. The van der Waals surface area contributed by atoms with Gasteiger partial charge in [0, 0.05) is 15.9 Å². The van der Waals surface area contributed by atoms with Gasteiger partial charge in [-0.2, -0.15) is 0 Å². The largest absolute Gasteiger partial charge is 0.460 e. The van der Waals surface area contributed by atoms with Gasteiger partial charge in [0.1, 0.15) is 17.6 Å². The summed E-state index contributed by atoms with van der Waals surface area (Å²) >= 11 is 7.20. The van der Waals surface area contributed by atoms with Gasteiger partial charge in [-0.1, -0.05) is 71.9 Å². The van der Waals surface area contributed by atoms with Gasteiger partial charge < -0.3 is 9.72 Å². The van der Waals surface area contributed by atoms with Crippen LogP contribution >= 0.6 is 23.4 Å². The summed E-state index contributed by atoms with van der Waals surface area (Å²) < 4.78 is 6.87. The van der Waals surface area contributed by atoms with Crippen LogP contribution in [-0.2, 0) is 16.1 Å². The molecule has 2 aromatic heterocycles. The van der Waals surface area contributed by atoms with Gasteiger partial charge in [0.2, 0.25) is 0 Å². The van der Waals surface area contributed by atoms with E-state index in [0.29, 0.717) is 26.9 Å². The second-order valence-corrected chi connectivity index (χ2v) is 8.72. The molecule has 1 N–H and O–H groups in total. The highest BCUT2D eigenvalue weighted by atomic mass is 35.5. The number of hydrogen-bond donors (Lipinski definition) is 1. The highest BCUT2D eigenvalue weighted by Crippen LogP contribution is 2.27. The van der Waals surface area contributed by atoms with Crippen LogP contribution < -0.4 is 5.56 Å². The number of benzene rings is 3. The fourth-order valence-corrected chi connectivity index (χ4v) is 4.49. The number of nitrogens with one attached hydrogen (secondary N) is 1. The normalized spacial score (nSPS) is 11.2. The summed E-state index contributed by atoms with van der Waals surface area (Å²) in [6.45, 7) is 0.194. The molecule has 6 nitrogen and oxygen atoms in total. The molecule has 8 heteroatoms. The highest BCUT2D eigenvalue weighted by molar-refractivity contribution is 7.99. The van der Waals surface area contributed by atoms with Crippen LogP contribution in [0.3, 0.4) is 0 Å². The lowest BCUT2D eigenvalue weighted by molar-refractivity contribution is -0.141. The average molecular weight is 476 g/mol. The molecule has 3 aromatic carbocycles. The third-order valence-corrected chi connectivity index (χ3v) is 6.31. The van der Waals surface area contributed by atoms with E-state index in [2.05, 4.69) is 4.98 Å². The Labute approximate surface area is 198 Å². The van der Waals surface area contributed by atoms with Gasteiger partial charge in [0.05, 0.1) is 11.4 Å². The van der Waals surface area contributed by atoms with Crippen LogP contribution in [0.25, 0.3) is 27.6 Å². The lowest BCUT2D eigenvalue weighted by atomic mass is 10.2. The van der Waals surface area contributed by atoms with Crippen molar-refractivity contribution >= 4 is 51.3 Å². The zero-order valence-corrected chi connectivity index (χ0v) is 18.9. The topological polar surface area (TPSA) is 77.0 Å². The Morgan fingerprint density at radius 1 is 1.00 bits per heavy atom. The molecule has 0 unspecified atom stereocenters. The van der Waals surface area contributed by atoms with E-state index < -0.39 is 0 Å². The summed E-state index contributed by atoms with van der Waals surface area (Å²) in [7, 11) is 0. The molecular weight excluding hydrogens is 458 g/mol. The fourth-order valence-electron chi connectivity index (χ4n) is 3.56. The molecule has 0 aliphatic heterocycles. The number of H-pyrrole nitrogens is 1. The smallest absolute Gasteiger partial charge is 0.316 e. The summed E-state index contributed by atoms with van der Waals surface area (Å²) in [5.74, 6) is -0.374. The number of rotatable bonds is 6. The van der Waals surface area contributed by atoms with Crippen molar-refractivity contribution in [2.75, 3.05) is 5.75 Å². The first-order valence-corrected chi connectivity index (χ1v) is 11.6. The van der Waals surface area contributed by atoms with Gasteiger partial charge in [-0.05, 0) is 35.9 Å². The standard InChI is InChI=1S/C25H18ClN3O3S/c26-17-10-12-18(13-11-17)29-24(31)23-22(19-8-4-5-9-20(19)27-23)28-25(29)33-15-21(30)32-14-16-6-2-1-3-7-16/h1-13,27H,14-15H2. The van der Waals surface area contributed by atoms with Crippen LogP contribution in [0.2, 0.25) is 5.02 Å². The van der Waals surface area contributed by atoms with Crippen molar-refractivity contribution in [3.05, 3.63) is 99.8 Å². The van der Waals surface area contributed by atoms with Gasteiger partial charge in [0.25, 0.3) is 5.56 Å².